The SMILES string of the molecule is CC/C=C/C/C=C/C/C=C/C/C=C/C/C=C/CCCCCC(=O)OCC(COCCC(C(=O)O)[N+](C)(C)C)OC(=O)CCCCCCCCC/C=C/CCCCCCCCCCCCC. The van der Waals surface area contributed by atoms with E-state index in [9.17, 15) is 19.5 Å². The van der Waals surface area contributed by atoms with Gasteiger partial charge in [0.05, 0.1) is 34.4 Å². The molecule has 0 saturated heterocycles. The fourth-order valence-electron chi connectivity index (χ4n) is 7.53. The van der Waals surface area contributed by atoms with Crippen LogP contribution in [-0.2, 0) is 28.6 Å². The number of carboxylic acids is 1. The minimum atomic E-state index is -0.881. The molecule has 0 aromatic rings. The first-order valence-electron chi connectivity index (χ1n) is 26.5. The van der Waals surface area contributed by atoms with Crippen LogP contribution in [0.2, 0.25) is 0 Å². The van der Waals surface area contributed by atoms with Crippen molar-refractivity contribution in [2.75, 3.05) is 41.0 Å². The van der Waals surface area contributed by atoms with Gasteiger partial charge in [0.25, 0.3) is 0 Å². The molecule has 374 valence electrons. The highest BCUT2D eigenvalue weighted by molar-refractivity contribution is 5.72. The molecule has 1 N–H and O–H groups in total. The van der Waals surface area contributed by atoms with E-state index in [0.717, 1.165) is 77.0 Å². The standard InChI is InChI=1S/C57H99NO7/c1-6-8-10-12-14-16-18-20-22-24-26-27-28-30-32-34-36-38-40-42-44-46-48-56(60)65-53(51-63-50-49-54(57(61)62)58(3,4)5)52-64-55(59)47-45-43-41-39-37-35-33-31-29-25-23-21-19-17-15-13-11-9-7-2/h9,11,15,17,21,23,28-31,35,37,53-54H,6-8,10,12-14,16,18-20,22,24-27,32-34,36,38-52H2,1-5H3/p+1/b11-9+,17-15+,23-21+,30-28+,31-29+,37-35+. The van der Waals surface area contributed by atoms with Crippen LogP contribution < -0.4 is 0 Å². The van der Waals surface area contributed by atoms with Gasteiger partial charge in [-0.25, -0.2) is 4.79 Å². The normalized spacial score (nSPS) is 13.4. The number of hydrogen-bond acceptors (Lipinski definition) is 6. The van der Waals surface area contributed by atoms with E-state index in [0.29, 0.717) is 19.3 Å². The number of hydrogen-bond donors (Lipinski definition) is 1. The summed E-state index contributed by atoms with van der Waals surface area (Å²) < 4.78 is 17.3. The molecule has 8 nitrogen and oxygen atoms in total. The number of ether oxygens (including phenoxy) is 3. The zero-order valence-corrected chi connectivity index (χ0v) is 42.7. The van der Waals surface area contributed by atoms with Crippen molar-refractivity contribution in [3.05, 3.63) is 72.9 Å². The lowest BCUT2D eigenvalue weighted by Crippen LogP contribution is -2.50. The molecule has 0 radical (unpaired) electrons. The molecule has 0 fully saturated rings. The van der Waals surface area contributed by atoms with E-state index in [1.54, 1.807) is 0 Å². The predicted octanol–water partition coefficient (Wildman–Crippen LogP) is 15.5. The molecule has 0 aliphatic heterocycles. The van der Waals surface area contributed by atoms with Crippen LogP contribution in [0.25, 0.3) is 0 Å². The Kier molecular flexibility index (Phi) is 44.9. The van der Waals surface area contributed by atoms with Crippen molar-refractivity contribution >= 4 is 17.9 Å². The largest absolute Gasteiger partial charge is 0.477 e. The summed E-state index contributed by atoms with van der Waals surface area (Å²) in [7, 11) is 5.52. The second-order valence-electron chi connectivity index (χ2n) is 18.7. The smallest absolute Gasteiger partial charge is 0.362 e. The van der Waals surface area contributed by atoms with E-state index >= 15 is 0 Å². The van der Waals surface area contributed by atoms with Crippen LogP contribution in [0.1, 0.15) is 219 Å². The molecule has 0 bridgehead atoms. The Balaban J connectivity index is 4.29. The Morgan fingerprint density at radius 1 is 0.477 bits per heavy atom. The number of carbonyl (C=O) groups excluding carboxylic acids is 2. The molecule has 0 rings (SSSR count). The van der Waals surface area contributed by atoms with E-state index in [1.165, 1.54) is 109 Å². The fourth-order valence-corrected chi connectivity index (χ4v) is 7.53. The van der Waals surface area contributed by atoms with Crippen LogP contribution in [0.5, 0.6) is 0 Å². The molecule has 0 aromatic carbocycles. The third kappa shape index (κ3) is 45.7. The van der Waals surface area contributed by atoms with Crippen molar-refractivity contribution in [2.45, 2.75) is 231 Å². The highest BCUT2D eigenvalue weighted by Gasteiger charge is 2.31. The third-order valence-corrected chi connectivity index (χ3v) is 11.6. The van der Waals surface area contributed by atoms with Gasteiger partial charge in [0.15, 0.2) is 12.1 Å². The summed E-state index contributed by atoms with van der Waals surface area (Å²) in [4.78, 5) is 37.2. The average Bonchev–Trinajstić information content (AvgIpc) is 3.27. The minimum absolute atomic E-state index is 0.0459. The molecule has 0 heterocycles. The van der Waals surface area contributed by atoms with Crippen molar-refractivity contribution < 1.29 is 38.2 Å². The number of quaternary nitrogens is 1. The van der Waals surface area contributed by atoms with E-state index in [2.05, 4.69) is 86.8 Å². The molecule has 8 heteroatoms. The molecular formula is C57H100NO7+. The molecule has 0 spiro atoms. The zero-order chi connectivity index (χ0) is 47.7. The van der Waals surface area contributed by atoms with Gasteiger partial charge < -0.3 is 23.8 Å². The summed E-state index contributed by atoms with van der Waals surface area (Å²) in [5.74, 6) is -1.51. The van der Waals surface area contributed by atoms with Crippen molar-refractivity contribution in [2.24, 2.45) is 0 Å². The molecule has 2 atom stereocenters. The van der Waals surface area contributed by atoms with Crippen molar-refractivity contribution in [1.82, 2.24) is 0 Å². The molecular weight excluding hydrogens is 811 g/mol. The second-order valence-corrected chi connectivity index (χ2v) is 18.7. The Morgan fingerprint density at radius 2 is 0.862 bits per heavy atom. The highest BCUT2D eigenvalue weighted by atomic mass is 16.6. The molecule has 2 unspecified atom stereocenters. The quantitative estimate of drug-likeness (QED) is 0.0281. The van der Waals surface area contributed by atoms with Gasteiger partial charge in [0, 0.05) is 19.3 Å². The molecule has 0 aliphatic carbocycles. The van der Waals surface area contributed by atoms with Gasteiger partial charge in [-0.2, -0.15) is 0 Å². The Hall–Kier alpha value is -3.23. The maximum Gasteiger partial charge on any atom is 0.362 e. The number of aliphatic carboxylic acids is 1. The Bertz CT molecular complexity index is 1290. The molecule has 65 heavy (non-hydrogen) atoms. The number of allylic oxidation sites excluding steroid dienone is 12. The van der Waals surface area contributed by atoms with Crippen LogP contribution in [0.15, 0.2) is 72.9 Å². The summed E-state index contributed by atoms with van der Waals surface area (Å²) in [5, 5.41) is 9.66. The summed E-state index contributed by atoms with van der Waals surface area (Å²) in [5.41, 5.74) is 0. The van der Waals surface area contributed by atoms with Crippen LogP contribution in [0.3, 0.4) is 0 Å². The van der Waals surface area contributed by atoms with Gasteiger partial charge in [0.2, 0.25) is 0 Å². The van der Waals surface area contributed by atoms with E-state index in [1.807, 2.05) is 21.1 Å². The van der Waals surface area contributed by atoms with Gasteiger partial charge in [-0.05, 0) is 83.5 Å². The highest BCUT2D eigenvalue weighted by Crippen LogP contribution is 2.15. The number of esters is 2. The molecule has 0 aliphatic rings. The van der Waals surface area contributed by atoms with Crippen molar-refractivity contribution in [3.63, 3.8) is 0 Å². The van der Waals surface area contributed by atoms with Crippen LogP contribution in [0, 0.1) is 0 Å². The first-order chi connectivity index (χ1) is 31.6. The zero-order valence-electron chi connectivity index (χ0n) is 42.7. The van der Waals surface area contributed by atoms with Gasteiger partial charge >= 0.3 is 17.9 Å². The predicted molar refractivity (Wildman–Crippen MR) is 275 cm³/mol. The van der Waals surface area contributed by atoms with Crippen LogP contribution in [-0.4, -0.2) is 80.6 Å². The summed E-state index contributed by atoms with van der Waals surface area (Å²) >= 11 is 0. The number of carboxylic acid groups (broad SMARTS) is 1. The van der Waals surface area contributed by atoms with E-state index in [-0.39, 0.29) is 36.2 Å². The van der Waals surface area contributed by atoms with E-state index < -0.39 is 18.1 Å². The molecule has 0 amide bonds. The lowest BCUT2D eigenvalue weighted by Gasteiger charge is -2.31. The summed E-state index contributed by atoms with van der Waals surface area (Å²) in [6, 6.07) is -0.624. The fraction of sp³-hybridized carbons (Fsp3) is 0.737. The minimum Gasteiger partial charge on any atom is -0.477 e. The lowest BCUT2D eigenvalue weighted by atomic mass is 10.0. The molecule has 0 aromatic heterocycles. The van der Waals surface area contributed by atoms with Crippen molar-refractivity contribution in [1.29, 1.82) is 0 Å². The number of rotatable bonds is 47. The lowest BCUT2D eigenvalue weighted by molar-refractivity contribution is -0.887. The van der Waals surface area contributed by atoms with Crippen molar-refractivity contribution in [3.8, 4) is 0 Å². The number of carbonyl (C=O) groups is 3. The van der Waals surface area contributed by atoms with E-state index in [4.69, 9.17) is 14.2 Å². The summed E-state index contributed by atoms with van der Waals surface area (Å²) in [6.45, 7) is 4.60. The first kappa shape index (κ1) is 61.8. The first-order valence-corrected chi connectivity index (χ1v) is 26.5. The maximum absolute atomic E-state index is 12.8. The van der Waals surface area contributed by atoms with Gasteiger partial charge in [-0.3, -0.25) is 9.59 Å². The van der Waals surface area contributed by atoms with Gasteiger partial charge in [-0.1, -0.05) is 189 Å². The number of nitrogens with zero attached hydrogens (tertiary/aromatic N) is 1. The summed E-state index contributed by atoms with van der Waals surface area (Å²) in [6.07, 6.45) is 61.0. The second kappa shape index (κ2) is 47.3. The average molecular weight is 911 g/mol. The monoisotopic (exact) mass is 911 g/mol. The van der Waals surface area contributed by atoms with Gasteiger partial charge in [-0.15, -0.1) is 0 Å². The van der Waals surface area contributed by atoms with Crippen LogP contribution >= 0.6 is 0 Å². The van der Waals surface area contributed by atoms with Crippen LogP contribution in [0.4, 0.5) is 0 Å². The Labute approximate surface area is 400 Å². The topological polar surface area (TPSA) is 99.1 Å². The number of likely N-dealkylation sites (N-methyl/N-ethyl adjacent to an activating group) is 1. The maximum atomic E-state index is 12.8. The Morgan fingerprint density at radius 3 is 1.31 bits per heavy atom. The van der Waals surface area contributed by atoms with Gasteiger partial charge in [0.1, 0.15) is 6.61 Å². The molecule has 0 saturated carbocycles. The number of unbranched alkanes of at least 4 members (excludes halogenated alkanes) is 21. The third-order valence-electron chi connectivity index (χ3n) is 11.6.